The second-order valence-corrected chi connectivity index (χ2v) is 4.12. The predicted molar refractivity (Wildman–Crippen MR) is 64.0 cm³/mol. The molecule has 15 heavy (non-hydrogen) atoms. The Kier molecular flexibility index (Phi) is 4.08. The second kappa shape index (κ2) is 5.11. The van der Waals surface area contributed by atoms with Crippen molar-refractivity contribution in [1.29, 1.82) is 0 Å². The monoisotopic (exact) mass is 271 g/mol. The number of pyridine rings is 1. The lowest BCUT2D eigenvalue weighted by Crippen LogP contribution is -2.31. The molecule has 4 nitrogen and oxygen atoms in total. The summed E-state index contributed by atoms with van der Waals surface area (Å²) >= 11 is 3.35. The van der Waals surface area contributed by atoms with Crippen molar-refractivity contribution in [2.45, 2.75) is 13.8 Å². The van der Waals surface area contributed by atoms with Crippen LogP contribution in [-0.2, 0) is 0 Å². The van der Waals surface area contributed by atoms with Crippen molar-refractivity contribution in [3.8, 4) is 0 Å². The molecule has 0 fully saturated rings. The van der Waals surface area contributed by atoms with E-state index in [-0.39, 0.29) is 6.03 Å². The number of anilines is 1. The molecule has 0 aromatic carbocycles. The number of aryl methyl sites for hydroxylation is 1. The molecule has 1 aromatic heterocycles. The Morgan fingerprint density at radius 3 is 2.87 bits per heavy atom. The molecule has 0 aliphatic carbocycles. The van der Waals surface area contributed by atoms with Gasteiger partial charge in [-0.25, -0.2) is 9.78 Å². The van der Waals surface area contributed by atoms with Crippen molar-refractivity contribution in [2.24, 2.45) is 0 Å². The maximum absolute atomic E-state index is 11.5. The minimum absolute atomic E-state index is 0.147. The van der Waals surface area contributed by atoms with Gasteiger partial charge < -0.3 is 4.90 Å². The minimum Gasteiger partial charge on any atom is -0.328 e. The lowest BCUT2D eigenvalue weighted by atomic mass is 10.3. The van der Waals surface area contributed by atoms with Crippen molar-refractivity contribution in [1.82, 2.24) is 9.88 Å². The van der Waals surface area contributed by atoms with Crippen LogP contribution in [0.4, 0.5) is 10.6 Å². The fourth-order valence-electron chi connectivity index (χ4n) is 0.956. The lowest BCUT2D eigenvalue weighted by molar-refractivity contribution is 0.224. The zero-order chi connectivity index (χ0) is 11.4. The first kappa shape index (κ1) is 12.0. The lowest BCUT2D eigenvalue weighted by Gasteiger charge is -2.15. The van der Waals surface area contributed by atoms with Gasteiger partial charge >= 0.3 is 6.03 Å². The van der Waals surface area contributed by atoms with Crippen LogP contribution in [0.5, 0.6) is 0 Å². The number of hydrogen-bond donors (Lipinski definition) is 1. The standard InChI is InChI=1S/C10H14BrN3O/c1-4-14(3)10(15)13-9-5-7(2)8(11)6-12-9/h5-6H,4H2,1-3H3,(H,12,13,15). The molecule has 1 heterocycles. The van der Waals surface area contributed by atoms with Gasteiger partial charge in [0.1, 0.15) is 5.82 Å². The van der Waals surface area contributed by atoms with Crippen molar-refractivity contribution in [3.05, 3.63) is 22.3 Å². The van der Waals surface area contributed by atoms with E-state index in [4.69, 9.17) is 0 Å². The van der Waals surface area contributed by atoms with Gasteiger partial charge in [0.2, 0.25) is 0 Å². The molecule has 82 valence electrons. The Labute approximate surface area is 97.8 Å². The van der Waals surface area contributed by atoms with Gasteiger partial charge in [-0.3, -0.25) is 5.32 Å². The summed E-state index contributed by atoms with van der Waals surface area (Å²) < 4.78 is 0.935. The molecule has 0 saturated heterocycles. The van der Waals surface area contributed by atoms with E-state index in [0.29, 0.717) is 12.4 Å². The number of amides is 2. The van der Waals surface area contributed by atoms with Crippen LogP contribution in [0.1, 0.15) is 12.5 Å². The molecule has 0 spiro atoms. The Bertz CT molecular complexity index is 368. The average molecular weight is 272 g/mol. The second-order valence-electron chi connectivity index (χ2n) is 3.26. The number of nitrogens with one attached hydrogen (secondary N) is 1. The summed E-state index contributed by atoms with van der Waals surface area (Å²) in [7, 11) is 1.74. The zero-order valence-corrected chi connectivity index (χ0v) is 10.6. The van der Waals surface area contributed by atoms with Crippen LogP contribution in [-0.4, -0.2) is 29.5 Å². The number of aromatic nitrogens is 1. The smallest absolute Gasteiger partial charge is 0.322 e. The van der Waals surface area contributed by atoms with E-state index in [2.05, 4.69) is 26.2 Å². The molecule has 2 amide bonds. The molecule has 0 unspecified atom stereocenters. The number of nitrogens with zero attached hydrogens (tertiary/aromatic N) is 2. The van der Waals surface area contributed by atoms with Crippen LogP contribution in [0.15, 0.2) is 16.7 Å². The van der Waals surface area contributed by atoms with E-state index in [0.717, 1.165) is 10.0 Å². The summed E-state index contributed by atoms with van der Waals surface area (Å²) in [4.78, 5) is 17.2. The summed E-state index contributed by atoms with van der Waals surface area (Å²) in [5.74, 6) is 0.570. The van der Waals surface area contributed by atoms with Gasteiger partial charge in [-0.2, -0.15) is 0 Å². The highest BCUT2D eigenvalue weighted by molar-refractivity contribution is 9.10. The molecular weight excluding hydrogens is 258 g/mol. The quantitative estimate of drug-likeness (QED) is 0.899. The van der Waals surface area contributed by atoms with E-state index in [1.807, 2.05) is 19.9 Å². The number of carbonyl (C=O) groups is 1. The number of carbonyl (C=O) groups excluding carboxylic acids is 1. The van der Waals surface area contributed by atoms with E-state index >= 15 is 0 Å². The third-order valence-electron chi connectivity index (χ3n) is 2.10. The van der Waals surface area contributed by atoms with E-state index in [9.17, 15) is 4.79 Å². The third-order valence-corrected chi connectivity index (χ3v) is 2.93. The van der Waals surface area contributed by atoms with Gasteiger partial charge in [-0.05, 0) is 41.4 Å². The molecule has 0 aliphatic rings. The highest BCUT2D eigenvalue weighted by atomic mass is 79.9. The van der Waals surface area contributed by atoms with Crippen molar-refractivity contribution in [2.75, 3.05) is 18.9 Å². The Balaban J connectivity index is 2.73. The molecule has 0 aliphatic heterocycles. The van der Waals surface area contributed by atoms with E-state index < -0.39 is 0 Å². The van der Waals surface area contributed by atoms with E-state index in [1.165, 1.54) is 0 Å². The van der Waals surface area contributed by atoms with Gasteiger partial charge in [0.05, 0.1) is 0 Å². The van der Waals surface area contributed by atoms with Crippen molar-refractivity contribution in [3.63, 3.8) is 0 Å². The summed E-state index contributed by atoms with van der Waals surface area (Å²) in [5.41, 5.74) is 1.04. The molecule has 5 heteroatoms. The fraction of sp³-hybridized carbons (Fsp3) is 0.400. The molecule has 1 aromatic rings. The molecular formula is C10H14BrN3O. The van der Waals surface area contributed by atoms with Gasteiger partial charge in [-0.1, -0.05) is 0 Å². The molecule has 0 radical (unpaired) electrons. The first-order chi connectivity index (χ1) is 7.04. The fourth-order valence-corrected chi connectivity index (χ4v) is 1.17. The van der Waals surface area contributed by atoms with Gasteiger partial charge in [0.15, 0.2) is 0 Å². The highest BCUT2D eigenvalue weighted by Gasteiger charge is 2.07. The average Bonchev–Trinajstić information content (AvgIpc) is 2.22. The summed E-state index contributed by atoms with van der Waals surface area (Å²) in [6, 6.07) is 1.68. The molecule has 1 N–H and O–H groups in total. The van der Waals surface area contributed by atoms with Crippen molar-refractivity contribution < 1.29 is 4.79 Å². The maximum Gasteiger partial charge on any atom is 0.322 e. The Morgan fingerprint density at radius 1 is 1.67 bits per heavy atom. The third kappa shape index (κ3) is 3.20. The van der Waals surface area contributed by atoms with Gasteiger partial charge in [-0.15, -0.1) is 0 Å². The Hall–Kier alpha value is -1.10. The zero-order valence-electron chi connectivity index (χ0n) is 9.04. The maximum atomic E-state index is 11.5. The first-order valence-electron chi connectivity index (χ1n) is 4.69. The number of rotatable bonds is 2. The SMILES string of the molecule is CCN(C)C(=O)Nc1cc(C)c(Br)cn1. The highest BCUT2D eigenvalue weighted by Crippen LogP contribution is 2.17. The van der Waals surface area contributed by atoms with Crippen LogP contribution in [0.3, 0.4) is 0 Å². The van der Waals surface area contributed by atoms with E-state index in [1.54, 1.807) is 18.1 Å². The summed E-state index contributed by atoms with van der Waals surface area (Å²) in [5, 5.41) is 2.72. The van der Waals surface area contributed by atoms with Gasteiger partial charge in [0, 0.05) is 24.3 Å². The predicted octanol–water partition coefficient (Wildman–Crippen LogP) is 2.64. The summed E-state index contributed by atoms with van der Waals surface area (Å²) in [6.45, 7) is 4.53. The van der Waals surface area contributed by atoms with Crippen LogP contribution in [0.25, 0.3) is 0 Å². The number of hydrogen-bond acceptors (Lipinski definition) is 2. The summed E-state index contributed by atoms with van der Waals surface area (Å²) in [6.07, 6.45) is 1.68. The first-order valence-corrected chi connectivity index (χ1v) is 5.48. The number of halogens is 1. The molecule has 0 saturated carbocycles. The van der Waals surface area contributed by atoms with Crippen LogP contribution >= 0.6 is 15.9 Å². The van der Waals surface area contributed by atoms with Crippen LogP contribution in [0.2, 0.25) is 0 Å². The molecule has 0 bridgehead atoms. The largest absolute Gasteiger partial charge is 0.328 e. The van der Waals surface area contributed by atoms with Crippen molar-refractivity contribution >= 4 is 27.8 Å². The molecule has 1 rings (SSSR count). The number of urea groups is 1. The van der Waals surface area contributed by atoms with Crippen LogP contribution < -0.4 is 5.32 Å². The van der Waals surface area contributed by atoms with Crippen LogP contribution in [0, 0.1) is 6.92 Å². The Morgan fingerprint density at radius 2 is 2.33 bits per heavy atom. The molecule has 0 atom stereocenters. The van der Waals surface area contributed by atoms with Gasteiger partial charge in [0.25, 0.3) is 0 Å². The topological polar surface area (TPSA) is 45.2 Å². The normalized spacial score (nSPS) is 9.87. The minimum atomic E-state index is -0.147.